The van der Waals surface area contributed by atoms with Crippen LogP contribution in [0.5, 0.6) is 0 Å². The summed E-state index contributed by atoms with van der Waals surface area (Å²) in [5.74, 6) is 0.369. The number of hydrogen-bond donors (Lipinski definition) is 1. The maximum Gasteiger partial charge on any atom is 0.165 e. The average molecular weight is 233 g/mol. The molecule has 0 saturated heterocycles. The van der Waals surface area contributed by atoms with E-state index in [9.17, 15) is 4.39 Å². The van der Waals surface area contributed by atoms with Gasteiger partial charge in [0.05, 0.1) is 12.6 Å². The molecule has 1 unspecified atom stereocenters. The van der Waals surface area contributed by atoms with Crippen molar-refractivity contribution < 1.29 is 9.13 Å². The first-order chi connectivity index (χ1) is 7.27. The van der Waals surface area contributed by atoms with Crippen molar-refractivity contribution in [2.75, 3.05) is 24.9 Å². The standard InChI is InChI=1S/C10H14ClFN2O/c1-15-7-8(4-5-11)14-10-9(12)3-2-6-13-10/h2-3,6,8H,4-5,7H2,1H3,(H,13,14). The number of anilines is 1. The lowest BCUT2D eigenvalue weighted by Crippen LogP contribution is -2.26. The van der Waals surface area contributed by atoms with E-state index in [1.807, 2.05) is 0 Å². The molecule has 0 spiro atoms. The Balaban J connectivity index is 2.60. The number of alkyl halides is 1. The van der Waals surface area contributed by atoms with E-state index in [1.54, 1.807) is 13.2 Å². The fourth-order valence-electron chi connectivity index (χ4n) is 1.22. The number of halogens is 2. The number of ether oxygens (including phenoxy) is 1. The molecular formula is C10H14ClFN2O. The predicted octanol–water partition coefficient (Wildman–Crippen LogP) is 2.28. The van der Waals surface area contributed by atoms with Gasteiger partial charge in [0.25, 0.3) is 0 Å². The van der Waals surface area contributed by atoms with Crippen LogP contribution < -0.4 is 5.32 Å². The van der Waals surface area contributed by atoms with Crippen LogP contribution >= 0.6 is 11.6 Å². The second-order valence-corrected chi connectivity index (χ2v) is 3.49. The number of nitrogens with one attached hydrogen (secondary N) is 1. The lowest BCUT2D eigenvalue weighted by atomic mass is 10.2. The smallest absolute Gasteiger partial charge is 0.165 e. The highest BCUT2D eigenvalue weighted by atomic mass is 35.5. The summed E-state index contributed by atoms with van der Waals surface area (Å²) in [5.41, 5.74) is 0. The van der Waals surface area contributed by atoms with E-state index in [0.717, 1.165) is 0 Å². The molecule has 0 saturated carbocycles. The number of pyridine rings is 1. The summed E-state index contributed by atoms with van der Waals surface area (Å²) in [6.45, 7) is 0.475. The van der Waals surface area contributed by atoms with Crippen molar-refractivity contribution in [2.45, 2.75) is 12.5 Å². The third-order valence-corrected chi connectivity index (χ3v) is 2.14. The average Bonchev–Trinajstić information content (AvgIpc) is 2.22. The number of hydrogen-bond acceptors (Lipinski definition) is 3. The number of methoxy groups -OCH3 is 1. The monoisotopic (exact) mass is 232 g/mol. The van der Waals surface area contributed by atoms with Crippen molar-refractivity contribution >= 4 is 17.4 Å². The number of rotatable bonds is 6. The molecule has 0 aliphatic heterocycles. The molecule has 0 aliphatic rings. The minimum absolute atomic E-state index is 0.0168. The molecule has 1 aromatic rings. The van der Waals surface area contributed by atoms with E-state index in [4.69, 9.17) is 16.3 Å². The zero-order valence-corrected chi connectivity index (χ0v) is 9.30. The normalized spacial score (nSPS) is 12.5. The maximum atomic E-state index is 13.2. The van der Waals surface area contributed by atoms with E-state index < -0.39 is 0 Å². The Hall–Kier alpha value is -0.870. The molecular weight excluding hydrogens is 219 g/mol. The number of nitrogens with zero attached hydrogens (tertiary/aromatic N) is 1. The molecule has 0 amide bonds. The third-order valence-electron chi connectivity index (χ3n) is 1.92. The maximum absolute atomic E-state index is 13.2. The Morgan fingerprint density at radius 3 is 3.07 bits per heavy atom. The molecule has 1 aromatic heterocycles. The Labute approximate surface area is 93.6 Å². The van der Waals surface area contributed by atoms with Gasteiger partial charge < -0.3 is 10.1 Å². The Morgan fingerprint density at radius 1 is 1.67 bits per heavy atom. The first-order valence-corrected chi connectivity index (χ1v) is 5.23. The second kappa shape index (κ2) is 6.58. The number of aromatic nitrogens is 1. The molecule has 0 aliphatic carbocycles. The fraction of sp³-hybridized carbons (Fsp3) is 0.500. The molecule has 0 fully saturated rings. The van der Waals surface area contributed by atoms with E-state index >= 15 is 0 Å². The minimum Gasteiger partial charge on any atom is -0.383 e. The van der Waals surface area contributed by atoms with Gasteiger partial charge >= 0.3 is 0 Å². The van der Waals surface area contributed by atoms with Crippen LogP contribution in [0.15, 0.2) is 18.3 Å². The van der Waals surface area contributed by atoms with E-state index in [-0.39, 0.29) is 17.7 Å². The van der Waals surface area contributed by atoms with Crippen LogP contribution in [0.1, 0.15) is 6.42 Å². The van der Waals surface area contributed by atoms with Gasteiger partial charge in [0, 0.05) is 19.2 Å². The molecule has 0 radical (unpaired) electrons. The van der Waals surface area contributed by atoms with E-state index in [1.165, 1.54) is 12.3 Å². The Morgan fingerprint density at radius 2 is 2.47 bits per heavy atom. The summed E-state index contributed by atoms with van der Waals surface area (Å²) in [5, 5.41) is 2.95. The van der Waals surface area contributed by atoms with Gasteiger partial charge in [-0.3, -0.25) is 0 Å². The molecule has 0 aromatic carbocycles. The van der Waals surface area contributed by atoms with Gasteiger partial charge in [-0.05, 0) is 18.6 Å². The second-order valence-electron chi connectivity index (χ2n) is 3.11. The SMILES string of the molecule is COCC(CCCl)Nc1ncccc1F. The topological polar surface area (TPSA) is 34.1 Å². The summed E-state index contributed by atoms with van der Waals surface area (Å²) in [4.78, 5) is 3.90. The molecule has 15 heavy (non-hydrogen) atoms. The van der Waals surface area contributed by atoms with Crippen LogP contribution in [0.4, 0.5) is 10.2 Å². The van der Waals surface area contributed by atoms with Gasteiger partial charge in [-0.25, -0.2) is 9.37 Å². The molecule has 1 rings (SSSR count). The third kappa shape index (κ3) is 4.01. The van der Waals surface area contributed by atoms with Crippen molar-refractivity contribution in [1.29, 1.82) is 0 Å². The van der Waals surface area contributed by atoms with Crippen molar-refractivity contribution in [3.05, 3.63) is 24.1 Å². The summed E-state index contributed by atoms with van der Waals surface area (Å²) >= 11 is 5.63. The van der Waals surface area contributed by atoms with Crippen molar-refractivity contribution in [2.24, 2.45) is 0 Å². The quantitative estimate of drug-likeness (QED) is 0.765. The molecule has 5 heteroatoms. The summed E-state index contributed by atoms with van der Waals surface area (Å²) in [6.07, 6.45) is 2.24. The van der Waals surface area contributed by atoms with Crippen molar-refractivity contribution in [3.63, 3.8) is 0 Å². The minimum atomic E-state index is -0.367. The van der Waals surface area contributed by atoms with Crippen LogP contribution in [-0.4, -0.2) is 30.6 Å². The largest absolute Gasteiger partial charge is 0.383 e. The van der Waals surface area contributed by atoms with Crippen LogP contribution in [-0.2, 0) is 4.74 Å². The summed E-state index contributed by atoms with van der Waals surface area (Å²) < 4.78 is 18.2. The summed E-state index contributed by atoms with van der Waals surface area (Å²) in [7, 11) is 1.59. The van der Waals surface area contributed by atoms with Crippen LogP contribution in [0.2, 0.25) is 0 Å². The molecule has 1 N–H and O–H groups in total. The fourth-order valence-corrected chi connectivity index (χ4v) is 1.48. The molecule has 84 valence electrons. The van der Waals surface area contributed by atoms with Crippen LogP contribution in [0.25, 0.3) is 0 Å². The first kappa shape index (κ1) is 12.2. The van der Waals surface area contributed by atoms with Gasteiger partial charge in [0.1, 0.15) is 0 Å². The van der Waals surface area contributed by atoms with Crippen molar-refractivity contribution in [1.82, 2.24) is 4.98 Å². The van der Waals surface area contributed by atoms with Gasteiger partial charge in [-0.15, -0.1) is 11.6 Å². The highest BCUT2D eigenvalue weighted by Gasteiger charge is 2.10. The van der Waals surface area contributed by atoms with Gasteiger partial charge in [0.15, 0.2) is 11.6 Å². The Bertz CT molecular complexity index is 293. The zero-order chi connectivity index (χ0) is 11.1. The first-order valence-electron chi connectivity index (χ1n) is 4.70. The molecule has 0 bridgehead atoms. The highest BCUT2D eigenvalue weighted by Crippen LogP contribution is 2.11. The summed E-state index contributed by atoms with van der Waals surface area (Å²) in [6, 6.07) is 2.89. The zero-order valence-electron chi connectivity index (χ0n) is 8.54. The molecule has 1 atom stereocenters. The molecule has 3 nitrogen and oxygen atoms in total. The lowest BCUT2D eigenvalue weighted by molar-refractivity contribution is 0.184. The van der Waals surface area contributed by atoms with Gasteiger partial charge in [0.2, 0.25) is 0 Å². The van der Waals surface area contributed by atoms with Gasteiger partial charge in [-0.1, -0.05) is 0 Å². The van der Waals surface area contributed by atoms with E-state index in [2.05, 4.69) is 10.3 Å². The molecule has 1 heterocycles. The Kier molecular flexibility index (Phi) is 5.36. The van der Waals surface area contributed by atoms with Crippen molar-refractivity contribution in [3.8, 4) is 0 Å². The van der Waals surface area contributed by atoms with Gasteiger partial charge in [-0.2, -0.15) is 0 Å². The van der Waals surface area contributed by atoms with E-state index in [0.29, 0.717) is 18.9 Å². The van der Waals surface area contributed by atoms with Crippen LogP contribution in [0.3, 0.4) is 0 Å². The highest BCUT2D eigenvalue weighted by molar-refractivity contribution is 6.17. The van der Waals surface area contributed by atoms with Crippen LogP contribution in [0, 0.1) is 5.82 Å². The lowest BCUT2D eigenvalue weighted by Gasteiger charge is -2.17. The predicted molar refractivity (Wildman–Crippen MR) is 58.8 cm³/mol.